The van der Waals surface area contributed by atoms with Crippen LogP contribution in [0.3, 0.4) is 0 Å². The van der Waals surface area contributed by atoms with Gasteiger partial charge in [-0.25, -0.2) is 0 Å². The van der Waals surface area contributed by atoms with E-state index in [1.807, 2.05) is 53.5 Å². The Balaban J connectivity index is 1.40. The second-order valence-electron chi connectivity index (χ2n) is 5.66. The zero-order chi connectivity index (χ0) is 15.2. The number of rotatable bonds is 5. The number of nitrogens with one attached hydrogen (secondary N) is 1. The molecule has 1 aliphatic carbocycles. The zero-order valence-electron chi connectivity index (χ0n) is 12.5. The molecule has 1 fully saturated rings. The predicted molar refractivity (Wildman–Crippen MR) is 83.6 cm³/mol. The number of benzene rings is 1. The monoisotopic (exact) mass is 299 g/mol. The van der Waals surface area contributed by atoms with Crippen molar-refractivity contribution in [2.75, 3.05) is 6.61 Å². The van der Waals surface area contributed by atoms with Crippen LogP contribution in [0, 0.1) is 0 Å². The van der Waals surface area contributed by atoms with E-state index in [1.54, 1.807) is 0 Å². The van der Waals surface area contributed by atoms with Crippen molar-refractivity contribution in [3.63, 3.8) is 0 Å². The van der Waals surface area contributed by atoms with E-state index in [1.165, 1.54) is 0 Å². The SMILES string of the molecule is O=C(COc1ccccc1)NC1CCC(n2cccn2)CC1. The molecule has 1 N–H and O–H groups in total. The van der Waals surface area contributed by atoms with Crippen LogP contribution < -0.4 is 10.1 Å². The quantitative estimate of drug-likeness (QED) is 0.923. The molecule has 0 unspecified atom stereocenters. The van der Waals surface area contributed by atoms with Gasteiger partial charge in [0.05, 0.1) is 6.04 Å². The second-order valence-corrected chi connectivity index (χ2v) is 5.66. The second kappa shape index (κ2) is 7.11. The first-order chi connectivity index (χ1) is 10.8. The van der Waals surface area contributed by atoms with Gasteiger partial charge in [0.25, 0.3) is 5.91 Å². The maximum absolute atomic E-state index is 11.9. The lowest BCUT2D eigenvalue weighted by atomic mass is 9.91. The normalized spacial score (nSPS) is 21.3. The Morgan fingerprint density at radius 2 is 1.95 bits per heavy atom. The van der Waals surface area contributed by atoms with E-state index in [-0.39, 0.29) is 18.6 Å². The van der Waals surface area contributed by atoms with Crippen LogP contribution in [0.1, 0.15) is 31.7 Å². The number of para-hydroxylation sites is 1. The lowest BCUT2D eigenvalue weighted by Gasteiger charge is -2.29. The summed E-state index contributed by atoms with van der Waals surface area (Å²) >= 11 is 0. The number of hydrogen-bond acceptors (Lipinski definition) is 3. The van der Waals surface area contributed by atoms with E-state index in [0.29, 0.717) is 6.04 Å². The van der Waals surface area contributed by atoms with Crippen molar-refractivity contribution in [1.82, 2.24) is 15.1 Å². The number of amides is 1. The van der Waals surface area contributed by atoms with Gasteiger partial charge < -0.3 is 10.1 Å². The van der Waals surface area contributed by atoms with Crippen LogP contribution in [0.5, 0.6) is 5.75 Å². The van der Waals surface area contributed by atoms with Gasteiger partial charge in [-0.15, -0.1) is 0 Å². The third-order valence-electron chi connectivity index (χ3n) is 4.07. The topological polar surface area (TPSA) is 56.1 Å². The Morgan fingerprint density at radius 1 is 1.18 bits per heavy atom. The standard InChI is InChI=1S/C17H21N3O2/c21-17(13-22-16-5-2-1-3-6-16)19-14-7-9-15(10-8-14)20-12-4-11-18-20/h1-6,11-12,14-15H,7-10,13H2,(H,19,21). The molecule has 0 bridgehead atoms. The summed E-state index contributed by atoms with van der Waals surface area (Å²) in [6.45, 7) is 0.0725. The fraction of sp³-hybridized carbons (Fsp3) is 0.412. The molecule has 3 rings (SSSR count). The fourth-order valence-electron chi connectivity index (χ4n) is 2.92. The van der Waals surface area contributed by atoms with E-state index < -0.39 is 0 Å². The molecule has 1 aliphatic rings. The third kappa shape index (κ3) is 3.87. The first-order valence-electron chi connectivity index (χ1n) is 7.77. The molecular formula is C17H21N3O2. The van der Waals surface area contributed by atoms with Crippen LogP contribution in [0.2, 0.25) is 0 Å². The van der Waals surface area contributed by atoms with E-state index in [2.05, 4.69) is 10.4 Å². The molecule has 1 amide bonds. The molecule has 0 radical (unpaired) electrons. The molecule has 0 atom stereocenters. The minimum absolute atomic E-state index is 0.0496. The summed E-state index contributed by atoms with van der Waals surface area (Å²) in [4.78, 5) is 11.9. The van der Waals surface area contributed by atoms with Gasteiger partial charge in [0.2, 0.25) is 0 Å². The Kier molecular flexibility index (Phi) is 4.73. The maximum Gasteiger partial charge on any atom is 0.258 e. The largest absolute Gasteiger partial charge is 0.484 e. The Hall–Kier alpha value is -2.30. The summed E-state index contributed by atoms with van der Waals surface area (Å²) in [5.74, 6) is 0.673. The Bertz CT molecular complexity index is 575. The highest BCUT2D eigenvalue weighted by Crippen LogP contribution is 2.27. The third-order valence-corrected chi connectivity index (χ3v) is 4.07. The minimum atomic E-state index is -0.0496. The van der Waals surface area contributed by atoms with Gasteiger partial charge in [-0.1, -0.05) is 18.2 Å². The van der Waals surface area contributed by atoms with Crippen LogP contribution in [-0.2, 0) is 4.79 Å². The molecule has 5 heteroatoms. The average molecular weight is 299 g/mol. The number of ether oxygens (including phenoxy) is 1. The first-order valence-corrected chi connectivity index (χ1v) is 7.77. The van der Waals surface area contributed by atoms with Gasteiger partial charge >= 0.3 is 0 Å². The molecule has 2 aromatic rings. The molecule has 0 spiro atoms. The van der Waals surface area contributed by atoms with Crippen molar-refractivity contribution in [3.8, 4) is 5.75 Å². The van der Waals surface area contributed by atoms with Gasteiger partial charge in [-0.05, 0) is 43.9 Å². The zero-order valence-corrected chi connectivity index (χ0v) is 12.5. The molecule has 0 saturated heterocycles. The number of nitrogens with zero attached hydrogens (tertiary/aromatic N) is 2. The molecule has 1 aromatic heterocycles. The molecule has 5 nitrogen and oxygen atoms in total. The highest BCUT2D eigenvalue weighted by molar-refractivity contribution is 5.77. The van der Waals surface area contributed by atoms with Crippen LogP contribution >= 0.6 is 0 Å². The van der Waals surface area contributed by atoms with Crippen LogP contribution in [0.25, 0.3) is 0 Å². The molecule has 22 heavy (non-hydrogen) atoms. The van der Waals surface area contributed by atoms with Gasteiger partial charge in [-0.2, -0.15) is 5.10 Å². The lowest BCUT2D eigenvalue weighted by Crippen LogP contribution is -2.40. The summed E-state index contributed by atoms with van der Waals surface area (Å²) in [5, 5.41) is 7.36. The van der Waals surface area contributed by atoms with E-state index >= 15 is 0 Å². The summed E-state index contributed by atoms with van der Waals surface area (Å²) < 4.78 is 7.49. The smallest absolute Gasteiger partial charge is 0.258 e. The first kappa shape index (κ1) is 14.6. The Labute approximate surface area is 130 Å². The van der Waals surface area contributed by atoms with Crippen molar-refractivity contribution < 1.29 is 9.53 Å². The van der Waals surface area contributed by atoms with Gasteiger partial charge in [-0.3, -0.25) is 9.48 Å². The molecule has 0 aliphatic heterocycles. The predicted octanol–water partition coefficient (Wildman–Crippen LogP) is 2.56. The van der Waals surface area contributed by atoms with Gasteiger partial charge in [0.15, 0.2) is 6.61 Å². The molecule has 1 saturated carbocycles. The van der Waals surface area contributed by atoms with E-state index in [9.17, 15) is 4.79 Å². The summed E-state index contributed by atoms with van der Waals surface area (Å²) in [6.07, 6.45) is 7.90. The number of aromatic nitrogens is 2. The van der Waals surface area contributed by atoms with Crippen molar-refractivity contribution in [1.29, 1.82) is 0 Å². The molecule has 1 heterocycles. The van der Waals surface area contributed by atoms with Crippen molar-refractivity contribution in [3.05, 3.63) is 48.8 Å². The minimum Gasteiger partial charge on any atom is -0.484 e. The van der Waals surface area contributed by atoms with Gasteiger partial charge in [0.1, 0.15) is 5.75 Å². The van der Waals surface area contributed by atoms with Crippen LogP contribution in [0.15, 0.2) is 48.8 Å². The van der Waals surface area contributed by atoms with Crippen LogP contribution in [0.4, 0.5) is 0 Å². The molecular weight excluding hydrogens is 278 g/mol. The van der Waals surface area contributed by atoms with Crippen molar-refractivity contribution in [2.24, 2.45) is 0 Å². The van der Waals surface area contributed by atoms with Crippen molar-refractivity contribution >= 4 is 5.91 Å². The van der Waals surface area contributed by atoms with E-state index in [4.69, 9.17) is 4.74 Å². The highest BCUT2D eigenvalue weighted by Gasteiger charge is 2.23. The summed E-state index contributed by atoms with van der Waals surface area (Å²) in [7, 11) is 0. The Morgan fingerprint density at radius 3 is 2.64 bits per heavy atom. The van der Waals surface area contributed by atoms with Crippen LogP contribution in [-0.4, -0.2) is 28.3 Å². The van der Waals surface area contributed by atoms with E-state index in [0.717, 1.165) is 31.4 Å². The summed E-state index contributed by atoms with van der Waals surface area (Å²) in [6, 6.07) is 12.1. The molecule has 1 aromatic carbocycles. The maximum atomic E-state index is 11.9. The number of carbonyl (C=O) groups is 1. The number of hydrogen-bond donors (Lipinski definition) is 1. The average Bonchev–Trinajstić information content (AvgIpc) is 3.09. The number of carbonyl (C=O) groups excluding carboxylic acids is 1. The fourth-order valence-corrected chi connectivity index (χ4v) is 2.92. The highest BCUT2D eigenvalue weighted by atomic mass is 16.5. The molecule has 116 valence electrons. The van der Waals surface area contributed by atoms with Gasteiger partial charge in [0, 0.05) is 18.4 Å². The van der Waals surface area contributed by atoms with Crippen molar-refractivity contribution in [2.45, 2.75) is 37.8 Å². The lowest BCUT2D eigenvalue weighted by molar-refractivity contribution is -0.124. The summed E-state index contributed by atoms with van der Waals surface area (Å²) in [5.41, 5.74) is 0.